The van der Waals surface area contributed by atoms with Crippen LogP contribution in [-0.4, -0.2) is 44.9 Å². The van der Waals surface area contributed by atoms with Crippen LogP contribution in [0.15, 0.2) is 47.4 Å². The Morgan fingerprint density at radius 3 is 2.50 bits per heavy atom. The minimum absolute atomic E-state index is 0.220. The Morgan fingerprint density at radius 1 is 1.15 bits per heavy atom. The molecule has 2 aromatic carbocycles. The van der Waals surface area contributed by atoms with Crippen molar-refractivity contribution in [3.63, 3.8) is 0 Å². The number of halogens is 1. The second-order valence-electron chi connectivity index (χ2n) is 5.93. The number of anilines is 1. The van der Waals surface area contributed by atoms with Gasteiger partial charge in [0.2, 0.25) is 10.0 Å². The number of hydrogen-bond acceptors (Lipinski definition) is 4. The number of nitrogens with zero attached hydrogens (tertiary/aromatic N) is 1. The summed E-state index contributed by atoms with van der Waals surface area (Å²) in [6, 6.07) is 12.1. The number of amides is 1. The summed E-state index contributed by atoms with van der Waals surface area (Å²) in [6.07, 6.45) is 0. The Morgan fingerprint density at radius 2 is 1.85 bits per heavy atom. The molecule has 138 valence electrons. The van der Waals surface area contributed by atoms with Crippen LogP contribution in [0.3, 0.4) is 0 Å². The van der Waals surface area contributed by atoms with E-state index in [0.717, 1.165) is 3.57 Å². The molecule has 6 nitrogen and oxygen atoms in total. The highest BCUT2D eigenvalue weighted by Crippen LogP contribution is 2.24. The standard InChI is InChI=1S/C18H19IN2O4S/c1-13-12-14(26(23,24)21-8-10-25-11-9-21)6-7-17(13)20-18(22)15-4-2-3-5-16(15)19/h2-7,12H,8-11H2,1H3,(H,20,22). The number of nitrogens with one attached hydrogen (secondary N) is 1. The summed E-state index contributed by atoms with van der Waals surface area (Å²) in [5.74, 6) is -0.220. The summed E-state index contributed by atoms with van der Waals surface area (Å²) in [5, 5.41) is 2.85. The summed E-state index contributed by atoms with van der Waals surface area (Å²) < 4.78 is 32.9. The highest BCUT2D eigenvalue weighted by Gasteiger charge is 2.26. The van der Waals surface area contributed by atoms with Crippen LogP contribution in [0.1, 0.15) is 15.9 Å². The van der Waals surface area contributed by atoms with E-state index in [-0.39, 0.29) is 10.8 Å². The van der Waals surface area contributed by atoms with E-state index in [1.807, 2.05) is 18.2 Å². The molecule has 0 atom stereocenters. The van der Waals surface area contributed by atoms with Crippen molar-refractivity contribution in [2.45, 2.75) is 11.8 Å². The second kappa shape index (κ2) is 8.03. The van der Waals surface area contributed by atoms with Crippen LogP contribution in [0.4, 0.5) is 5.69 Å². The Labute approximate surface area is 166 Å². The predicted molar refractivity (Wildman–Crippen MR) is 108 cm³/mol. The third-order valence-corrected chi connectivity index (χ3v) is 7.01. The van der Waals surface area contributed by atoms with Crippen molar-refractivity contribution in [3.05, 3.63) is 57.2 Å². The van der Waals surface area contributed by atoms with Crippen LogP contribution in [0.25, 0.3) is 0 Å². The van der Waals surface area contributed by atoms with Gasteiger partial charge in [0, 0.05) is 22.3 Å². The Balaban J connectivity index is 1.81. The lowest BCUT2D eigenvalue weighted by atomic mass is 10.1. The van der Waals surface area contributed by atoms with Gasteiger partial charge in [0.1, 0.15) is 0 Å². The van der Waals surface area contributed by atoms with Gasteiger partial charge in [0.25, 0.3) is 5.91 Å². The second-order valence-corrected chi connectivity index (χ2v) is 9.03. The van der Waals surface area contributed by atoms with Crippen molar-refractivity contribution in [1.82, 2.24) is 4.31 Å². The first-order chi connectivity index (χ1) is 12.4. The molecule has 1 aliphatic rings. The van der Waals surface area contributed by atoms with Crippen LogP contribution in [0.2, 0.25) is 0 Å². The van der Waals surface area contributed by atoms with Gasteiger partial charge in [0.15, 0.2) is 0 Å². The number of benzene rings is 2. The van der Waals surface area contributed by atoms with Gasteiger partial charge in [-0.25, -0.2) is 8.42 Å². The molecule has 0 unspecified atom stereocenters. The van der Waals surface area contributed by atoms with Crippen molar-refractivity contribution < 1.29 is 17.9 Å². The Bertz CT molecular complexity index is 925. The van der Waals surface area contributed by atoms with Crippen molar-refractivity contribution >= 4 is 44.2 Å². The van der Waals surface area contributed by atoms with Gasteiger partial charge in [0.05, 0.1) is 23.7 Å². The van der Waals surface area contributed by atoms with Crippen molar-refractivity contribution in [2.24, 2.45) is 0 Å². The lowest BCUT2D eigenvalue weighted by Gasteiger charge is -2.26. The Kier molecular flexibility index (Phi) is 5.96. The SMILES string of the molecule is Cc1cc(S(=O)(=O)N2CCOCC2)ccc1NC(=O)c1ccccc1I. The molecule has 0 aliphatic carbocycles. The smallest absolute Gasteiger partial charge is 0.256 e. The van der Waals surface area contributed by atoms with E-state index in [0.29, 0.717) is 43.1 Å². The summed E-state index contributed by atoms with van der Waals surface area (Å²) >= 11 is 2.11. The van der Waals surface area contributed by atoms with Crippen LogP contribution in [-0.2, 0) is 14.8 Å². The summed E-state index contributed by atoms with van der Waals surface area (Å²) in [4.78, 5) is 12.7. The molecule has 8 heteroatoms. The molecule has 2 aromatic rings. The molecule has 3 rings (SSSR count). The summed E-state index contributed by atoms with van der Waals surface area (Å²) in [7, 11) is -3.55. The molecule has 1 saturated heterocycles. The molecule has 0 spiro atoms. The van der Waals surface area contributed by atoms with Gasteiger partial charge in [-0.3, -0.25) is 4.79 Å². The van der Waals surface area contributed by atoms with Crippen molar-refractivity contribution in [2.75, 3.05) is 31.6 Å². The first-order valence-electron chi connectivity index (χ1n) is 8.14. The molecule has 1 fully saturated rings. The van der Waals surface area contributed by atoms with E-state index in [4.69, 9.17) is 4.74 Å². The molecular weight excluding hydrogens is 467 g/mol. The summed E-state index contributed by atoms with van der Waals surface area (Å²) in [5.41, 5.74) is 1.87. The van der Waals surface area contributed by atoms with Crippen molar-refractivity contribution in [3.8, 4) is 0 Å². The first kappa shape index (κ1) is 19.3. The fourth-order valence-corrected chi connectivity index (χ4v) is 4.83. The average molecular weight is 486 g/mol. The predicted octanol–water partition coefficient (Wildman–Crippen LogP) is 2.87. The monoisotopic (exact) mass is 486 g/mol. The zero-order chi connectivity index (χ0) is 18.7. The Hall–Kier alpha value is -1.49. The van der Waals surface area contributed by atoms with E-state index in [2.05, 4.69) is 27.9 Å². The lowest BCUT2D eigenvalue weighted by Crippen LogP contribution is -2.40. The topological polar surface area (TPSA) is 75.7 Å². The highest BCUT2D eigenvalue weighted by molar-refractivity contribution is 14.1. The number of hydrogen-bond donors (Lipinski definition) is 1. The summed E-state index contributed by atoms with van der Waals surface area (Å²) in [6.45, 7) is 3.30. The van der Waals surface area contributed by atoms with E-state index in [9.17, 15) is 13.2 Å². The minimum Gasteiger partial charge on any atom is -0.379 e. The molecule has 1 N–H and O–H groups in total. The third-order valence-electron chi connectivity index (χ3n) is 4.17. The van der Waals surface area contributed by atoms with Gasteiger partial charge < -0.3 is 10.1 Å². The van der Waals surface area contributed by atoms with Gasteiger partial charge in [-0.2, -0.15) is 4.31 Å². The van der Waals surface area contributed by atoms with Crippen LogP contribution >= 0.6 is 22.6 Å². The third kappa shape index (κ3) is 4.08. The van der Waals surface area contributed by atoms with Gasteiger partial charge in [-0.05, 0) is 65.4 Å². The van der Waals surface area contributed by atoms with Crippen LogP contribution in [0, 0.1) is 10.5 Å². The number of morpholine rings is 1. The molecule has 0 radical (unpaired) electrons. The maximum Gasteiger partial charge on any atom is 0.256 e. The lowest BCUT2D eigenvalue weighted by molar-refractivity contribution is 0.0730. The van der Waals surface area contributed by atoms with Crippen molar-refractivity contribution in [1.29, 1.82) is 0 Å². The average Bonchev–Trinajstić information content (AvgIpc) is 2.64. The number of aryl methyl sites for hydroxylation is 1. The van der Waals surface area contributed by atoms with E-state index in [1.54, 1.807) is 25.1 Å². The molecule has 26 heavy (non-hydrogen) atoms. The van der Waals surface area contributed by atoms with Crippen LogP contribution < -0.4 is 5.32 Å². The van der Waals surface area contributed by atoms with Gasteiger partial charge >= 0.3 is 0 Å². The number of rotatable bonds is 4. The molecule has 0 bridgehead atoms. The van der Waals surface area contributed by atoms with Crippen LogP contribution in [0.5, 0.6) is 0 Å². The van der Waals surface area contributed by atoms with E-state index in [1.165, 1.54) is 10.4 Å². The molecule has 1 heterocycles. The zero-order valence-corrected chi connectivity index (χ0v) is 17.2. The number of carbonyl (C=O) groups excluding carboxylic acids is 1. The maximum atomic E-state index is 12.7. The van der Waals surface area contributed by atoms with Gasteiger partial charge in [-0.1, -0.05) is 12.1 Å². The number of carbonyl (C=O) groups is 1. The molecule has 0 saturated carbocycles. The normalized spacial score (nSPS) is 15.6. The van der Waals surface area contributed by atoms with E-state index < -0.39 is 10.0 Å². The maximum absolute atomic E-state index is 12.7. The minimum atomic E-state index is -3.55. The van der Waals surface area contributed by atoms with Gasteiger partial charge in [-0.15, -0.1) is 0 Å². The molecule has 0 aromatic heterocycles. The number of sulfonamides is 1. The highest BCUT2D eigenvalue weighted by atomic mass is 127. The first-order valence-corrected chi connectivity index (χ1v) is 10.7. The molecule has 1 aliphatic heterocycles. The fourth-order valence-electron chi connectivity index (χ4n) is 2.71. The zero-order valence-electron chi connectivity index (χ0n) is 14.2. The largest absolute Gasteiger partial charge is 0.379 e. The molecular formula is C18H19IN2O4S. The fraction of sp³-hybridized carbons (Fsp3) is 0.278. The van der Waals surface area contributed by atoms with E-state index >= 15 is 0 Å². The number of ether oxygens (including phenoxy) is 1. The molecule has 1 amide bonds. The quantitative estimate of drug-likeness (QED) is 0.675.